The third kappa shape index (κ3) is 4.86. The predicted octanol–water partition coefficient (Wildman–Crippen LogP) is 4.48. The van der Waals surface area contributed by atoms with E-state index >= 15 is 0 Å². The van der Waals surface area contributed by atoms with Crippen LogP contribution in [0.3, 0.4) is 0 Å². The molecule has 2 atom stereocenters. The molecule has 2 N–H and O–H groups in total. The second-order valence-corrected chi connectivity index (χ2v) is 14.1. The van der Waals surface area contributed by atoms with Gasteiger partial charge >= 0.3 is 0 Å². The number of carbonyl (C=O) groups is 1. The molecule has 2 fully saturated rings. The van der Waals surface area contributed by atoms with Crippen molar-refractivity contribution >= 4 is 42.9 Å². The third-order valence-electron chi connectivity index (χ3n) is 8.55. The lowest BCUT2D eigenvalue weighted by Crippen LogP contribution is -2.43. The van der Waals surface area contributed by atoms with Gasteiger partial charge in [0.2, 0.25) is 10.0 Å². The highest BCUT2D eigenvalue weighted by atomic mass is 32.2. The van der Waals surface area contributed by atoms with Crippen molar-refractivity contribution in [3.05, 3.63) is 42.5 Å². The summed E-state index contributed by atoms with van der Waals surface area (Å²) >= 11 is 0. The summed E-state index contributed by atoms with van der Waals surface area (Å²) in [5, 5.41) is 0. The van der Waals surface area contributed by atoms with E-state index in [4.69, 9.17) is 4.74 Å². The maximum absolute atomic E-state index is 13.6. The molecule has 2 aromatic rings. The van der Waals surface area contributed by atoms with E-state index in [-0.39, 0.29) is 33.7 Å². The average molecular weight is 564 g/mol. The topological polar surface area (TPSA) is 122 Å². The lowest BCUT2D eigenvalue weighted by molar-refractivity contribution is -0.128. The van der Waals surface area contributed by atoms with Crippen molar-refractivity contribution in [3.63, 3.8) is 0 Å². The summed E-state index contributed by atoms with van der Waals surface area (Å²) in [6.07, 6.45) is 1.80. The van der Waals surface area contributed by atoms with E-state index in [1.165, 1.54) is 13.2 Å². The Morgan fingerprint density at radius 3 is 2.29 bits per heavy atom. The standard InChI is InChI=1S/C27H37N3O6S2/c1-6-30(7-2)22-13-12-20(17-24(22)38(34,35)29-21-10-8-9-11-23(21)36-5)28-37(32,33)18-27-15-14-19(16-25(27)31)26(27,3)4/h8-13,17,19,28-29H,6-7,14-16,18H2,1-5H3. The number of rotatable bonds is 11. The summed E-state index contributed by atoms with van der Waals surface area (Å²) in [6, 6.07) is 11.2. The molecule has 2 unspecified atom stereocenters. The van der Waals surface area contributed by atoms with Crippen LogP contribution >= 0.6 is 0 Å². The summed E-state index contributed by atoms with van der Waals surface area (Å²) in [5.74, 6) is 0.235. The number of sulfonamides is 2. The van der Waals surface area contributed by atoms with Gasteiger partial charge in [-0.05, 0) is 68.4 Å². The minimum absolute atomic E-state index is 0.00489. The second-order valence-electron chi connectivity index (χ2n) is 10.7. The Kier molecular flexibility index (Phi) is 7.48. The summed E-state index contributed by atoms with van der Waals surface area (Å²) in [6.45, 7) is 8.91. The van der Waals surface area contributed by atoms with Crippen LogP contribution in [0.2, 0.25) is 0 Å². The van der Waals surface area contributed by atoms with E-state index in [9.17, 15) is 21.6 Å². The van der Waals surface area contributed by atoms with Gasteiger partial charge in [0.1, 0.15) is 16.4 Å². The number of nitrogens with zero attached hydrogens (tertiary/aromatic N) is 1. The zero-order chi connectivity index (χ0) is 27.9. The molecule has 208 valence electrons. The SMILES string of the molecule is CCN(CC)c1ccc(NS(=O)(=O)CC23CCC(CC2=O)C3(C)C)cc1S(=O)(=O)Nc1ccccc1OC. The van der Waals surface area contributed by atoms with Gasteiger partial charge in [-0.3, -0.25) is 14.2 Å². The first-order valence-corrected chi connectivity index (χ1v) is 16.0. The third-order valence-corrected chi connectivity index (χ3v) is 11.4. The van der Waals surface area contributed by atoms with E-state index in [1.54, 1.807) is 36.4 Å². The molecule has 2 aromatic carbocycles. The Bertz CT molecular complexity index is 1430. The van der Waals surface area contributed by atoms with Crippen molar-refractivity contribution < 1.29 is 26.4 Å². The molecule has 0 radical (unpaired) electrons. The Morgan fingerprint density at radius 2 is 1.71 bits per heavy atom. The first-order chi connectivity index (χ1) is 17.8. The summed E-state index contributed by atoms with van der Waals surface area (Å²) in [4.78, 5) is 14.7. The van der Waals surface area contributed by atoms with Crippen molar-refractivity contribution in [1.29, 1.82) is 0 Å². The molecule has 0 saturated heterocycles. The predicted molar refractivity (Wildman–Crippen MR) is 150 cm³/mol. The number of benzene rings is 2. The minimum atomic E-state index is -4.14. The maximum Gasteiger partial charge on any atom is 0.264 e. The summed E-state index contributed by atoms with van der Waals surface area (Å²) in [7, 11) is -6.65. The zero-order valence-electron chi connectivity index (χ0n) is 22.6. The number of anilines is 3. The Morgan fingerprint density at radius 1 is 1.03 bits per heavy atom. The number of para-hydroxylation sites is 2. The van der Waals surface area contributed by atoms with Crippen molar-refractivity contribution in [2.75, 3.05) is 40.3 Å². The largest absolute Gasteiger partial charge is 0.495 e. The van der Waals surface area contributed by atoms with E-state index in [0.717, 1.165) is 6.42 Å². The Hall–Kier alpha value is -2.79. The van der Waals surface area contributed by atoms with Crippen LogP contribution < -0.4 is 19.1 Å². The number of methoxy groups -OCH3 is 1. The Labute approximate surface area is 226 Å². The molecule has 0 aromatic heterocycles. The molecule has 2 bridgehead atoms. The first-order valence-electron chi connectivity index (χ1n) is 12.9. The van der Waals surface area contributed by atoms with Gasteiger partial charge < -0.3 is 9.64 Å². The van der Waals surface area contributed by atoms with Crippen molar-refractivity contribution in [2.45, 2.75) is 51.9 Å². The molecule has 0 heterocycles. The molecular weight excluding hydrogens is 526 g/mol. The lowest BCUT2D eigenvalue weighted by Gasteiger charge is -2.36. The molecular formula is C27H37N3O6S2. The van der Waals surface area contributed by atoms with Gasteiger partial charge in [-0.1, -0.05) is 26.0 Å². The van der Waals surface area contributed by atoms with Crippen LogP contribution in [0.15, 0.2) is 47.4 Å². The van der Waals surface area contributed by atoms with Gasteiger partial charge in [-0.15, -0.1) is 0 Å². The normalized spacial score (nSPS) is 22.3. The number of ketones is 1. The van der Waals surface area contributed by atoms with Crippen LogP contribution in [-0.4, -0.2) is 48.6 Å². The zero-order valence-corrected chi connectivity index (χ0v) is 24.2. The monoisotopic (exact) mass is 563 g/mol. The van der Waals surface area contributed by atoms with Gasteiger partial charge in [0.05, 0.1) is 29.7 Å². The maximum atomic E-state index is 13.6. The minimum Gasteiger partial charge on any atom is -0.495 e. The molecule has 4 rings (SSSR count). The number of fused-ring (bicyclic) bond motifs is 2. The van der Waals surface area contributed by atoms with E-state index in [1.807, 2.05) is 32.6 Å². The number of nitrogens with one attached hydrogen (secondary N) is 2. The molecule has 9 nitrogen and oxygen atoms in total. The van der Waals surface area contributed by atoms with E-state index < -0.39 is 30.9 Å². The molecule has 2 aliphatic carbocycles. The lowest BCUT2D eigenvalue weighted by atomic mass is 9.70. The first kappa shape index (κ1) is 28.2. The van der Waals surface area contributed by atoms with Crippen LogP contribution in [0.25, 0.3) is 0 Å². The summed E-state index contributed by atoms with van der Waals surface area (Å²) in [5.41, 5.74) is -0.493. The van der Waals surface area contributed by atoms with Gasteiger partial charge in [0, 0.05) is 25.2 Å². The quantitative estimate of drug-likeness (QED) is 0.413. The molecule has 2 saturated carbocycles. The van der Waals surface area contributed by atoms with Crippen LogP contribution in [0.4, 0.5) is 17.1 Å². The van der Waals surface area contributed by atoms with Crippen molar-refractivity contribution in [2.24, 2.45) is 16.7 Å². The van der Waals surface area contributed by atoms with Crippen molar-refractivity contribution in [1.82, 2.24) is 0 Å². The summed E-state index contributed by atoms with van der Waals surface area (Å²) < 4.78 is 64.5. The fourth-order valence-electron chi connectivity index (χ4n) is 6.20. The van der Waals surface area contributed by atoms with Gasteiger partial charge in [-0.2, -0.15) is 0 Å². The van der Waals surface area contributed by atoms with Gasteiger partial charge in [0.25, 0.3) is 10.0 Å². The van der Waals surface area contributed by atoms with Crippen LogP contribution in [0.5, 0.6) is 5.75 Å². The van der Waals surface area contributed by atoms with Gasteiger partial charge in [0.15, 0.2) is 0 Å². The molecule has 38 heavy (non-hydrogen) atoms. The highest BCUT2D eigenvalue weighted by Crippen LogP contribution is 2.64. The fourth-order valence-corrected chi connectivity index (χ4v) is 9.40. The van der Waals surface area contributed by atoms with E-state index in [0.29, 0.717) is 37.4 Å². The molecule has 2 aliphatic rings. The van der Waals surface area contributed by atoms with Crippen LogP contribution in [0.1, 0.15) is 47.0 Å². The number of ether oxygens (including phenoxy) is 1. The Balaban J connectivity index is 1.70. The number of carbonyl (C=O) groups excluding carboxylic acids is 1. The molecule has 0 amide bonds. The second kappa shape index (κ2) is 10.1. The number of hydrogen-bond donors (Lipinski definition) is 2. The van der Waals surface area contributed by atoms with Crippen LogP contribution in [-0.2, 0) is 24.8 Å². The molecule has 11 heteroatoms. The number of hydrogen-bond acceptors (Lipinski definition) is 7. The van der Waals surface area contributed by atoms with Crippen LogP contribution in [0, 0.1) is 16.7 Å². The average Bonchev–Trinajstić information content (AvgIpc) is 3.19. The highest BCUT2D eigenvalue weighted by molar-refractivity contribution is 7.93. The molecule has 0 spiro atoms. The van der Waals surface area contributed by atoms with Crippen molar-refractivity contribution in [3.8, 4) is 5.75 Å². The number of Topliss-reactive ketones (excluding diaryl/α,β-unsaturated/α-hetero) is 1. The van der Waals surface area contributed by atoms with E-state index in [2.05, 4.69) is 9.44 Å². The van der Waals surface area contributed by atoms with Gasteiger partial charge in [-0.25, -0.2) is 16.8 Å². The highest BCUT2D eigenvalue weighted by Gasteiger charge is 2.65. The fraction of sp³-hybridized carbons (Fsp3) is 0.519. The molecule has 0 aliphatic heterocycles. The smallest absolute Gasteiger partial charge is 0.264 e.